The molecule has 0 aliphatic rings. The number of halogens is 2. The van der Waals surface area contributed by atoms with Gasteiger partial charge in [-0.25, -0.2) is 13.9 Å². The molecule has 0 saturated heterocycles. The Morgan fingerprint density at radius 3 is 2.81 bits per heavy atom. The molecule has 0 aliphatic carbocycles. The average molecular weight is 418 g/mol. The fraction of sp³-hybridized carbons (Fsp3) is 0.188. The number of hydrogen-bond donors (Lipinski definition) is 1. The van der Waals surface area contributed by atoms with Crippen LogP contribution < -0.4 is 4.74 Å². The lowest BCUT2D eigenvalue weighted by atomic mass is 10.2. The summed E-state index contributed by atoms with van der Waals surface area (Å²) in [5.41, 5.74) is 1.58. The first-order chi connectivity index (χ1) is 12.6. The molecular weight excluding hydrogens is 405 g/mol. The largest absolute Gasteiger partial charge is 0.464 e. The first-order valence-electron chi connectivity index (χ1n) is 7.75. The SMILES string of the molecule is Cc1nnc(-c2ccccc2F)n2nc(OC(C)c3nc[nH]n3)c(Br)c12. The van der Waals surface area contributed by atoms with Gasteiger partial charge in [0.25, 0.3) is 0 Å². The molecule has 0 saturated carbocycles. The highest BCUT2D eigenvalue weighted by atomic mass is 79.9. The summed E-state index contributed by atoms with van der Waals surface area (Å²) >= 11 is 3.50. The van der Waals surface area contributed by atoms with Crippen LogP contribution in [0.2, 0.25) is 0 Å². The van der Waals surface area contributed by atoms with E-state index in [0.717, 1.165) is 0 Å². The molecule has 1 aromatic carbocycles. The highest BCUT2D eigenvalue weighted by Gasteiger charge is 2.22. The van der Waals surface area contributed by atoms with E-state index in [2.05, 4.69) is 46.4 Å². The van der Waals surface area contributed by atoms with Crippen LogP contribution in [0.1, 0.15) is 24.5 Å². The Morgan fingerprint density at radius 2 is 2.08 bits per heavy atom. The number of H-pyrrole nitrogens is 1. The van der Waals surface area contributed by atoms with Crippen molar-refractivity contribution in [3.05, 3.63) is 52.4 Å². The second-order valence-corrected chi connectivity index (χ2v) is 6.38. The minimum Gasteiger partial charge on any atom is -0.464 e. The highest BCUT2D eigenvalue weighted by Crippen LogP contribution is 2.34. The molecule has 4 rings (SSSR count). The molecule has 0 fully saturated rings. The van der Waals surface area contributed by atoms with Crippen LogP contribution in [-0.2, 0) is 0 Å². The third-order valence-electron chi connectivity index (χ3n) is 3.84. The molecule has 0 spiro atoms. The number of aromatic amines is 1. The average Bonchev–Trinajstić information content (AvgIpc) is 3.26. The van der Waals surface area contributed by atoms with Gasteiger partial charge in [0.15, 0.2) is 17.8 Å². The Balaban J connectivity index is 1.85. The topological polar surface area (TPSA) is 93.9 Å². The standard InChI is InChI=1S/C16H13BrFN7O/c1-8-13-12(17)16(26-9(2)14-19-7-20-22-14)24-25(13)15(23-21-8)10-5-3-4-6-11(10)18/h3-7,9H,1-2H3,(H,19,20,22). The van der Waals surface area contributed by atoms with Crippen molar-refractivity contribution in [2.45, 2.75) is 20.0 Å². The maximum absolute atomic E-state index is 14.2. The summed E-state index contributed by atoms with van der Waals surface area (Å²) < 4.78 is 22.2. The van der Waals surface area contributed by atoms with E-state index >= 15 is 0 Å². The number of aromatic nitrogens is 7. The van der Waals surface area contributed by atoms with Crippen molar-refractivity contribution in [2.24, 2.45) is 0 Å². The van der Waals surface area contributed by atoms with Gasteiger partial charge in [0.05, 0.1) is 11.3 Å². The molecule has 1 unspecified atom stereocenters. The first kappa shape index (κ1) is 16.6. The summed E-state index contributed by atoms with van der Waals surface area (Å²) in [7, 11) is 0. The Hall–Kier alpha value is -2.88. The lowest BCUT2D eigenvalue weighted by Crippen LogP contribution is -2.06. The van der Waals surface area contributed by atoms with E-state index in [9.17, 15) is 4.39 Å². The van der Waals surface area contributed by atoms with Crippen LogP contribution in [0.25, 0.3) is 16.9 Å². The molecule has 3 aromatic heterocycles. The van der Waals surface area contributed by atoms with E-state index < -0.39 is 11.9 Å². The number of nitrogens with one attached hydrogen (secondary N) is 1. The third-order valence-corrected chi connectivity index (χ3v) is 4.55. The summed E-state index contributed by atoms with van der Waals surface area (Å²) in [4.78, 5) is 4.07. The Morgan fingerprint density at radius 1 is 1.27 bits per heavy atom. The zero-order valence-corrected chi connectivity index (χ0v) is 15.4. The Bertz CT molecular complexity index is 1080. The fourth-order valence-corrected chi connectivity index (χ4v) is 3.20. The highest BCUT2D eigenvalue weighted by molar-refractivity contribution is 9.10. The molecule has 0 radical (unpaired) electrons. The second kappa shape index (κ2) is 6.45. The Kier molecular flexibility index (Phi) is 4.11. The maximum atomic E-state index is 14.2. The minimum atomic E-state index is -0.430. The van der Waals surface area contributed by atoms with Crippen molar-refractivity contribution in [3.8, 4) is 17.3 Å². The summed E-state index contributed by atoms with van der Waals surface area (Å²) in [6.07, 6.45) is 1.04. The molecular formula is C16H13BrFN7O. The quantitative estimate of drug-likeness (QED) is 0.547. The van der Waals surface area contributed by atoms with Crippen LogP contribution in [-0.4, -0.2) is 35.0 Å². The lowest BCUT2D eigenvalue weighted by Gasteiger charge is -2.08. The fourth-order valence-electron chi connectivity index (χ4n) is 2.58. The molecule has 0 amide bonds. The van der Waals surface area contributed by atoms with Gasteiger partial charge in [-0.15, -0.1) is 10.2 Å². The maximum Gasteiger partial charge on any atom is 0.249 e. The van der Waals surface area contributed by atoms with Crippen molar-refractivity contribution in [1.82, 2.24) is 35.0 Å². The van der Waals surface area contributed by atoms with E-state index in [1.54, 1.807) is 32.0 Å². The molecule has 3 heterocycles. The van der Waals surface area contributed by atoms with Crippen molar-refractivity contribution >= 4 is 21.4 Å². The number of benzene rings is 1. The van der Waals surface area contributed by atoms with E-state index in [1.165, 1.54) is 16.9 Å². The summed E-state index contributed by atoms with van der Waals surface area (Å²) in [5, 5.41) is 19.4. The number of nitrogens with zero attached hydrogens (tertiary/aromatic N) is 6. The molecule has 1 N–H and O–H groups in total. The zero-order valence-electron chi connectivity index (χ0n) is 13.8. The van der Waals surface area contributed by atoms with Crippen LogP contribution in [0, 0.1) is 12.7 Å². The van der Waals surface area contributed by atoms with Crippen molar-refractivity contribution in [1.29, 1.82) is 0 Å². The van der Waals surface area contributed by atoms with Gasteiger partial charge in [-0.05, 0) is 41.9 Å². The zero-order chi connectivity index (χ0) is 18.3. The van der Waals surface area contributed by atoms with Gasteiger partial charge < -0.3 is 4.74 Å². The predicted octanol–water partition coefficient (Wildman–Crippen LogP) is 3.26. The molecule has 8 nitrogen and oxygen atoms in total. The molecule has 4 aromatic rings. The number of rotatable bonds is 4. The Labute approximate surface area is 155 Å². The summed E-state index contributed by atoms with van der Waals surface area (Å²) in [5.74, 6) is 0.689. The van der Waals surface area contributed by atoms with Gasteiger partial charge in [0.2, 0.25) is 5.88 Å². The molecule has 1 atom stereocenters. The number of fused-ring (bicyclic) bond motifs is 1. The van der Waals surface area contributed by atoms with Crippen molar-refractivity contribution < 1.29 is 9.13 Å². The van der Waals surface area contributed by atoms with Gasteiger partial charge >= 0.3 is 0 Å². The molecule has 26 heavy (non-hydrogen) atoms. The smallest absolute Gasteiger partial charge is 0.249 e. The molecule has 132 valence electrons. The summed E-state index contributed by atoms with van der Waals surface area (Å²) in [6.45, 7) is 3.60. The van der Waals surface area contributed by atoms with E-state index in [4.69, 9.17) is 4.74 Å². The van der Waals surface area contributed by atoms with Gasteiger partial charge in [0, 0.05) is 0 Å². The molecule has 0 bridgehead atoms. The molecule has 10 heteroatoms. The third kappa shape index (κ3) is 2.71. The molecule has 0 aliphatic heterocycles. The van der Waals surface area contributed by atoms with Crippen molar-refractivity contribution in [2.75, 3.05) is 0 Å². The van der Waals surface area contributed by atoms with Crippen LogP contribution in [0.4, 0.5) is 4.39 Å². The van der Waals surface area contributed by atoms with Gasteiger partial charge in [-0.3, -0.25) is 5.10 Å². The monoisotopic (exact) mass is 417 g/mol. The number of aryl methyl sites for hydroxylation is 1. The minimum absolute atomic E-state index is 0.282. The number of ether oxygens (including phenoxy) is 1. The van der Waals surface area contributed by atoms with Gasteiger partial charge in [-0.2, -0.15) is 10.2 Å². The van der Waals surface area contributed by atoms with Crippen LogP contribution in [0.15, 0.2) is 35.1 Å². The predicted molar refractivity (Wildman–Crippen MR) is 94.0 cm³/mol. The number of hydrogen-bond acceptors (Lipinski definition) is 6. The second-order valence-electron chi connectivity index (χ2n) is 5.59. The van der Waals surface area contributed by atoms with Crippen LogP contribution in [0.3, 0.4) is 0 Å². The van der Waals surface area contributed by atoms with Crippen molar-refractivity contribution in [3.63, 3.8) is 0 Å². The van der Waals surface area contributed by atoms with Gasteiger partial charge in [-0.1, -0.05) is 12.1 Å². The lowest BCUT2D eigenvalue weighted by molar-refractivity contribution is 0.205. The van der Waals surface area contributed by atoms with E-state index in [1.807, 2.05) is 0 Å². The van der Waals surface area contributed by atoms with E-state index in [-0.39, 0.29) is 5.82 Å². The summed E-state index contributed by atoms with van der Waals surface area (Å²) in [6, 6.07) is 6.33. The van der Waals surface area contributed by atoms with Crippen LogP contribution in [0.5, 0.6) is 5.88 Å². The first-order valence-corrected chi connectivity index (χ1v) is 8.54. The van der Waals surface area contributed by atoms with E-state index in [0.29, 0.717) is 33.0 Å². The normalized spacial score (nSPS) is 12.5. The van der Waals surface area contributed by atoms with Gasteiger partial charge in [0.1, 0.15) is 22.1 Å². The van der Waals surface area contributed by atoms with Crippen LogP contribution >= 0.6 is 15.9 Å².